The molecule has 1 rings (SSSR count). The number of alkyl carbamates (subject to hydrolysis) is 1. The number of carbonyl (C=O) groups is 1. The quantitative estimate of drug-likeness (QED) is 0.340. The molecular weight excluding hydrogens is 394 g/mol. The smallest absolute Gasteiger partial charge is 0.407 e. The lowest BCUT2D eigenvalue weighted by atomic mass is 10.2. The molecule has 0 saturated heterocycles. The number of aliphatic imine (C=N–C) groups is 1. The Morgan fingerprint density at radius 2 is 1.89 bits per heavy atom. The Morgan fingerprint density at radius 1 is 1.21 bits per heavy atom. The second-order valence-electron chi connectivity index (χ2n) is 6.77. The molecule has 0 bridgehead atoms. The summed E-state index contributed by atoms with van der Waals surface area (Å²) < 4.78 is 34.6. The summed E-state index contributed by atoms with van der Waals surface area (Å²) in [5.74, 6) is 0.518. The summed E-state index contributed by atoms with van der Waals surface area (Å²) in [6.07, 6.45) is 0.166. The first-order chi connectivity index (χ1) is 13.1. The van der Waals surface area contributed by atoms with E-state index in [1.54, 1.807) is 33.9 Å². The van der Waals surface area contributed by atoms with Gasteiger partial charge >= 0.3 is 12.7 Å². The lowest BCUT2D eigenvalue weighted by molar-refractivity contribution is -0.0504. The summed E-state index contributed by atoms with van der Waals surface area (Å²) >= 11 is 5.93. The molecule has 7 nitrogen and oxygen atoms in total. The number of halogens is 3. The summed E-state index contributed by atoms with van der Waals surface area (Å²) in [5, 5.41) is 9.13. The van der Waals surface area contributed by atoms with Crippen LogP contribution in [0.2, 0.25) is 5.02 Å². The molecule has 10 heteroatoms. The molecule has 1 aromatic carbocycles. The van der Waals surface area contributed by atoms with Crippen LogP contribution in [-0.2, 0) is 11.3 Å². The molecule has 0 fully saturated rings. The molecule has 1 amide bonds. The van der Waals surface area contributed by atoms with Gasteiger partial charge in [-0.2, -0.15) is 8.78 Å². The van der Waals surface area contributed by atoms with Crippen LogP contribution in [0, 0.1) is 0 Å². The van der Waals surface area contributed by atoms with E-state index in [2.05, 4.69) is 25.7 Å². The monoisotopic (exact) mass is 420 g/mol. The predicted molar refractivity (Wildman–Crippen MR) is 105 cm³/mol. The molecule has 0 aliphatic heterocycles. The third-order valence-electron chi connectivity index (χ3n) is 3.22. The van der Waals surface area contributed by atoms with Gasteiger partial charge in [-0.15, -0.1) is 0 Å². The zero-order valence-corrected chi connectivity index (χ0v) is 17.2. The van der Waals surface area contributed by atoms with Gasteiger partial charge in [0.2, 0.25) is 0 Å². The van der Waals surface area contributed by atoms with Gasteiger partial charge in [0.05, 0.1) is 0 Å². The van der Waals surface area contributed by atoms with E-state index in [1.807, 2.05) is 0 Å². The second kappa shape index (κ2) is 11.5. The van der Waals surface area contributed by atoms with Crippen molar-refractivity contribution >= 4 is 23.7 Å². The second-order valence-corrected chi connectivity index (χ2v) is 7.20. The van der Waals surface area contributed by atoms with Gasteiger partial charge in [0.1, 0.15) is 11.4 Å². The van der Waals surface area contributed by atoms with Gasteiger partial charge in [0.25, 0.3) is 0 Å². The van der Waals surface area contributed by atoms with Crippen molar-refractivity contribution in [2.24, 2.45) is 4.99 Å². The van der Waals surface area contributed by atoms with Crippen molar-refractivity contribution in [3.63, 3.8) is 0 Å². The van der Waals surface area contributed by atoms with Gasteiger partial charge in [0.15, 0.2) is 5.96 Å². The maximum atomic E-state index is 12.5. The number of rotatable bonds is 8. The third-order valence-corrected chi connectivity index (χ3v) is 3.46. The van der Waals surface area contributed by atoms with Gasteiger partial charge in [-0.3, -0.25) is 4.99 Å². The molecule has 0 aromatic heterocycles. The van der Waals surface area contributed by atoms with Crippen LogP contribution in [0.1, 0.15) is 32.8 Å². The molecule has 158 valence electrons. The molecule has 0 saturated carbocycles. The lowest BCUT2D eigenvalue weighted by Gasteiger charge is -2.19. The van der Waals surface area contributed by atoms with Crippen LogP contribution in [0.25, 0.3) is 0 Å². The fourth-order valence-electron chi connectivity index (χ4n) is 2.10. The molecule has 1 aromatic rings. The van der Waals surface area contributed by atoms with Crippen molar-refractivity contribution in [3.8, 4) is 5.75 Å². The zero-order chi connectivity index (χ0) is 21.2. The Balaban J connectivity index is 2.40. The van der Waals surface area contributed by atoms with E-state index in [4.69, 9.17) is 16.3 Å². The summed E-state index contributed by atoms with van der Waals surface area (Å²) in [6, 6.07) is 4.42. The van der Waals surface area contributed by atoms with Crippen LogP contribution in [0.15, 0.2) is 23.2 Å². The number of hydrogen-bond acceptors (Lipinski definition) is 4. The molecule has 0 heterocycles. The van der Waals surface area contributed by atoms with Crippen molar-refractivity contribution in [3.05, 3.63) is 28.8 Å². The van der Waals surface area contributed by atoms with E-state index in [0.717, 1.165) is 0 Å². The third kappa shape index (κ3) is 10.1. The van der Waals surface area contributed by atoms with E-state index in [-0.39, 0.29) is 12.3 Å². The molecular formula is C18H27ClF2N4O3. The summed E-state index contributed by atoms with van der Waals surface area (Å²) in [5.41, 5.74) is -0.0658. The van der Waals surface area contributed by atoms with Crippen LogP contribution < -0.4 is 20.7 Å². The Kier molecular flexibility index (Phi) is 9.78. The average molecular weight is 421 g/mol. The highest BCUT2D eigenvalue weighted by molar-refractivity contribution is 6.30. The van der Waals surface area contributed by atoms with Crippen LogP contribution in [0.3, 0.4) is 0 Å². The van der Waals surface area contributed by atoms with E-state index >= 15 is 0 Å². The Morgan fingerprint density at radius 3 is 2.50 bits per heavy atom. The average Bonchev–Trinajstić information content (AvgIpc) is 2.57. The van der Waals surface area contributed by atoms with Crippen molar-refractivity contribution < 1.29 is 23.0 Å². The van der Waals surface area contributed by atoms with Crippen molar-refractivity contribution in [1.29, 1.82) is 0 Å². The van der Waals surface area contributed by atoms with Gasteiger partial charge in [0, 0.05) is 37.3 Å². The normalized spacial score (nSPS) is 11.9. The Hall–Kier alpha value is -2.29. The number of benzene rings is 1. The molecule has 0 aliphatic carbocycles. The minimum atomic E-state index is -2.92. The summed E-state index contributed by atoms with van der Waals surface area (Å²) in [6.45, 7) is 3.61. The van der Waals surface area contributed by atoms with Crippen LogP contribution in [-0.4, -0.2) is 44.4 Å². The van der Waals surface area contributed by atoms with Crippen LogP contribution in [0.5, 0.6) is 5.75 Å². The summed E-state index contributed by atoms with van der Waals surface area (Å²) in [4.78, 5) is 15.6. The van der Waals surface area contributed by atoms with Crippen molar-refractivity contribution in [2.75, 3.05) is 20.1 Å². The van der Waals surface area contributed by atoms with Crippen molar-refractivity contribution in [1.82, 2.24) is 16.0 Å². The molecule has 0 aliphatic rings. The number of amides is 1. The van der Waals surface area contributed by atoms with Gasteiger partial charge in [-0.25, -0.2) is 4.79 Å². The van der Waals surface area contributed by atoms with Gasteiger partial charge in [-0.1, -0.05) is 11.6 Å². The number of nitrogens with zero attached hydrogens (tertiary/aromatic N) is 1. The summed E-state index contributed by atoms with van der Waals surface area (Å²) in [7, 11) is 1.59. The van der Waals surface area contributed by atoms with Gasteiger partial charge < -0.3 is 25.4 Å². The SMILES string of the molecule is CN=C(NCCCNC(=O)OC(C)(C)C)NCc1cc(Cl)ccc1OC(F)F. The lowest BCUT2D eigenvalue weighted by Crippen LogP contribution is -2.39. The highest BCUT2D eigenvalue weighted by atomic mass is 35.5. The van der Waals surface area contributed by atoms with Crippen molar-refractivity contribution in [2.45, 2.75) is 45.9 Å². The van der Waals surface area contributed by atoms with Crippen LogP contribution >= 0.6 is 11.6 Å². The highest BCUT2D eigenvalue weighted by Gasteiger charge is 2.15. The standard InChI is InChI=1S/C18H27ClF2N4O3/c1-18(2,3)28-17(26)24-9-5-8-23-16(22-4)25-11-12-10-13(19)6-7-14(12)27-15(20)21/h6-7,10,15H,5,8-9,11H2,1-4H3,(H,24,26)(H2,22,23,25). The molecule has 3 N–H and O–H groups in total. The minimum absolute atomic E-state index is 0.0453. The number of guanidine groups is 1. The molecule has 0 atom stereocenters. The number of hydrogen-bond donors (Lipinski definition) is 3. The largest absolute Gasteiger partial charge is 0.444 e. The van der Waals surface area contributed by atoms with E-state index in [9.17, 15) is 13.6 Å². The topological polar surface area (TPSA) is 84.0 Å². The fraction of sp³-hybridized carbons (Fsp3) is 0.556. The number of carbonyl (C=O) groups excluding carboxylic acids is 1. The number of alkyl halides is 2. The Bertz CT molecular complexity index is 667. The maximum absolute atomic E-state index is 12.5. The van der Waals surface area contributed by atoms with E-state index < -0.39 is 18.3 Å². The zero-order valence-electron chi connectivity index (χ0n) is 16.4. The fourth-order valence-corrected chi connectivity index (χ4v) is 2.29. The van der Waals surface area contributed by atoms with E-state index in [0.29, 0.717) is 36.1 Å². The van der Waals surface area contributed by atoms with Crippen LogP contribution in [0.4, 0.5) is 13.6 Å². The maximum Gasteiger partial charge on any atom is 0.407 e. The first-order valence-corrected chi connectivity index (χ1v) is 9.13. The number of ether oxygens (including phenoxy) is 2. The Labute approximate surface area is 168 Å². The molecule has 28 heavy (non-hydrogen) atoms. The number of nitrogens with one attached hydrogen (secondary N) is 3. The van der Waals surface area contributed by atoms with E-state index in [1.165, 1.54) is 12.1 Å². The minimum Gasteiger partial charge on any atom is -0.444 e. The highest BCUT2D eigenvalue weighted by Crippen LogP contribution is 2.24. The predicted octanol–water partition coefficient (Wildman–Crippen LogP) is 3.52. The van der Waals surface area contributed by atoms with Gasteiger partial charge in [-0.05, 0) is 45.4 Å². The first-order valence-electron chi connectivity index (χ1n) is 8.75. The first kappa shape index (κ1) is 23.7. The molecule has 0 radical (unpaired) electrons. The molecule has 0 unspecified atom stereocenters. The molecule has 0 spiro atoms.